The summed E-state index contributed by atoms with van der Waals surface area (Å²) in [4.78, 5) is 4.21. The van der Waals surface area contributed by atoms with E-state index in [1.54, 1.807) is 19.5 Å². The maximum absolute atomic E-state index is 6.10. The number of hydrogen-bond donors (Lipinski definition) is 0. The Labute approximate surface area is 120 Å². The summed E-state index contributed by atoms with van der Waals surface area (Å²) in [5.41, 5.74) is 2.29. The highest BCUT2D eigenvalue weighted by Crippen LogP contribution is 2.30. The number of halogens is 2. The SMILES string of the molecule is COc1ccc(C(Br)Cc2ccncc2Cl)cc1. The summed E-state index contributed by atoms with van der Waals surface area (Å²) >= 11 is 9.78. The molecule has 4 heteroatoms. The summed E-state index contributed by atoms with van der Waals surface area (Å²) in [6, 6.07) is 9.95. The van der Waals surface area contributed by atoms with Gasteiger partial charge in [0.15, 0.2) is 0 Å². The van der Waals surface area contributed by atoms with Crippen molar-refractivity contribution < 1.29 is 4.74 Å². The van der Waals surface area contributed by atoms with Crippen LogP contribution in [0.1, 0.15) is 16.0 Å². The zero-order chi connectivity index (χ0) is 13.0. The molecule has 0 aliphatic rings. The summed E-state index contributed by atoms with van der Waals surface area (Å²) in [5.74, 6) is 0.861. The molecule has 2 aromatic rings. The van der Waals surface area contributed by atoms with Gasteiger partial charge in [-0.15, -0.1) is 0 Å². The third-order valence-corrected chi connectivity index (χ3v) is 3.93. The van der Waals surface area contributed by atoms with Crippen LogP contribution in [0.2, 0.25) is 5.02 Å². The second kappa shape index (κ2) is 6.21. The van der Waals surface area contributed by atoms with Crippen LogP contribution >= 0.6 is 27.5 Å². The van der Waals surface area contributed by atoms with E-state index in [-0.39, 0.29) is 4.83 Å². The molecule has 1 aromatic carbocycles. The van der Waals surface area contributed by atoms with E-state index in [0.29, 0.717) is 5.02 Å². The van der Waals surface area contributed by atoms with Crippen LogP contribution in [0.15, 0.2) is 42.7 Å². The third kappa shape index (κ3) is 3.24. The molecule has 0 spiro atoms. The number of nitrogens with zero attached hydrogens (tertiary/aromatic N) is 1. The molecule has 2 nitrogen and oxygen atoms in total. The van der Waals surface area contributed by atoms with E-state index in [4.69, 9.17) is 16.3 Å². The Morgan fingerprint density at radius 1 is 1.28 bits per heavy atom. The molecular weight excluding hydrogens is 314 g/mol. The third-order valence-electron chi connectivity index (χ3n) is 2.73. The fourth-order valence-corrected chi connectivity index (χ4v) is 2.54. The predicted molar refractivity (Wildman–Crippen MR) is 77.6 cm³/mol. The van der Waals surface area contributed by atoms with Gasteiger partial charge in [-0.05, 0) is 35.7 Å². The number of pyridine rings is 1. The molecule has 1 atom stereocenters. The van der Waals surface area contributed by atoms with Crippen molar-refractivity contribution in [1.29, 1.82) is 0 Å². The van der Waals surface area contributed by atoms with E-state index in [1.807, 2.05) is 30.3 Å². The maximum atomic E-state index is 6.10. The van der Waals surface area contributed by atoms with E-state index < -0.39 is 0 Å². The minimum atomic E-state index is 0.225. The van der Waals surface area contributed by atoms with Gasteiger partial charge in [0, 0.05) is 17.2 Å². The molecule has 0 fully saturated rings. The van der Waals surface area contributed by atoms with E-state index in [1.165, 1.54) is 5.56 Å². The summed E-state index contributed by atoms with van der Waals surface area (Å²) < 4.78 is 5.14. The molecule has 0 saturated carbocycles. The van der Waals surface area contributed by atoms with Gasteiger partial charge in [-0.2, -0.15) is 0 Å². The zero-order valence-electron chi connectivity index (χ0n) is 9.94. The topological polar surface area (TPSA) is 22.1 Å². The molecular formula is C14H13BrClNO. The first kappa shape index (κ1) is 13.4. The van der Waals surface area contributed by atoms with Crippen molar-refractivity contribution in [2.24, 2.45) is 0 Å². The van der Waals surface area contributed by atoms with Gasteiger partial charge in [-0.25, -0.2) is 0 Å². The van der Waals surface area contributed by atoms with Crippen LogP contribution in [-0.2, 0) is 6.42 Å². The molecule has 18 heavy (non-hydrogen) atoms. The number of methoxy groups -OCH3 is 1. The number of aromatic nitrogens is 1. The number of ether oxygens (including phenoxy) is 1. The van der Waals surface area contributed by atoms with Crippen LogP contribution in [0, 0.1) is 0 Å². The van der Waals surface area contributed by atoms with E-state index >= 15 is 0 Å². The van der Waals surface area contributed by atoms with Gasteiger partial charge in [-0.3, -0.25) is 4.98 Å². The van der Waals surface area contributed by atoms with Crippen LogP contribution < -0.4 is 4.74 Å². The first-order chi connectivity index (χ1) is 8.70. The highest BCUT2D eigenvalue weighted by molar-refractivity contribution is 9.09. The average molecular weight is 327 g/mol. The molecule has 94 valence electrons. The molecule has 0 radical (unpaired) electrons. The molecule has 0 aliphatic carbocycles. The lowest BCUT2D eigenvalue weighted by molar-refractivity contribution is 0.414. The average Bonchev–Trinajstić information content (AvgIpc) is 2.41. The summed E-state index contributed by atoms with van der Waals surface area (Å²) in [7, 11) is 1.66. The molecule has 1 unspecified atom stereocenters. The molecule has 1 heterocycles. The number of hydrogen-bond acceptors (Lipinski definition) is 2. The predicted octanol–water partition coefficient (Wildman–Crippen LogP) is 4.42. The second-order valence-electron chi connectivity index (χ2n) is 3.91. The summed E-state index contributed by atoms with van der Waals surface area (Å²) in [6.07, 6.45) is 4.26. The van der Waals surface area contributed by atoms with Gasteiger partial charge in [0.25, 0.3) is 0 Å². The second-order valence-corrected chi connectivity index (χ2v) is 5.42. The van der Waals surface area contributed by atoms with E-state index in [9.17, 15) is 0 Å². The van der Waals surface area contributed by atoms with Crippen LogP contribution in [0.3, 0.4) is 0 Å². The lowest BCUT2D eigenvalue weighted by Gasteiger charge is -2.11. The van der Waals surface area contributed by atoms with Gasteiger partial charge in [0.1, 0.15) is 5.75 Å². The Morgan fingerprint density at radius 2 is 2.00 bits per heavy atom. The maximum Gasteiger partial charge on any atom is 0.118 e. The lowest BCUT2D eigenvalue weighted by Crippen LogP contribution is -1.96. The molecule has 0 aliphatic heterocycles. The Balaban J connectivity index is 2.11. The van der Waals surface area contributed by atoms with Gasteiger partial charge in [-0.1, -0.05) is 39.7 Å². The monoisotopic (exact) mass is 325 g/mol. The fourth-order valence-electron chi connectivity index (χ4n) is 1.69. The number of benzene rings is 1. The summed E-state index contributed by atoms with van der Waals surface area (Å²) in [5, 5.41) is 0.704. The van der Waals surface area contributed by atoms with Crippen molar-refractivity contribution in [2.75, 3.05) is 7.11 Å². The van der Waals surface area contributed by atoms with Crippen molar-refractivity contribution in [3.05, 3.63) is 58.9 Å². The Morgan fingerprint density at radius 3 is 2.61 bits per heavy atom. The fraction of sp³-hybridized carbons (Fsp3) is 0.214. The molecule has 0 amide bonds. The number of alkyl halides is 1. The lowest BCUT2D eigenvalue weighted by atomic mass is 10.1. The smallest absolute Gasteiger partial charge is 0.118 e. The Kier molecular flexibility index (Phi) is 4.61. The largest absolute Gasteiger partial charge is 0.497 e. The Bertz CT molecular complexity index is 515. The molecule has 1 aromatic heterocycles. The van der Waals surface area contributed by atoms with E-state index in [2.05, 4.69) is 20.9 Å². The van der Waals surface area contributed by atoms with Gasteiger partial charge in [0.2, 0.25) is 0 Å². The van der Waals surface area contributed by atoms with Crippen LogP contribution in [0.25, 0.3) is 0 Å². The molecule has 2 rings (SSSR count). The first-order valence-electron chi connectivity index (χ1n) is 5.57. The van der Waals surface area contributed by atoms with Crippen molar-refractivity contribution in [3.63, 3.8) is 0 Å². The summed E-state index contributed by atoms with van der Waals surface area (Å²) in [6.45, 7) is 0. The molecule has 0 bridgehead atoms. The van der Waals surface area contributed by atoms with Crippen molar-refractivity contribution in [3.8, 4) is 5.75 Å². The van der Waals surface area contributed by atoms with Crippen LogP contribution in [-0.4, -0.2) is 12.1 Å². The highest BCUT2D eigenvalue weighted by Gasteiger charge is 2.10. The molecule has 0 saturated heterocycles. The Hall–Kier alpha value is -1.06. The number of rotatable bonds is 4. The quantitative estimate of drug-likeness (QED) is 0.776. The van der Waals surface area contributed by atoms with Gasteiger partial charge in [0.05, 0.1) is 12.1 Å². The van der Waals surface area contributed by atoms with Crippen molar-refractivity contribution in [2.45, 2.75) is 11.2 Å². The van der Waals surface area contributed by atoms with Crippen LogP contribution in [0.5, 0.6) is 5.75 Å². The van der Waals surface area contributed by atoms with Gasteiger partial charge < -0.3 is 4.74 Å². The van der Waals surface area contributed by atoms with Crippen molar-refractivity contribution in [1.82, 2.24) is 4.98 Å². The van der Waals surface area contributed by atoms with Crippen LogP contribution in [0.4, 0.5) is 0 Å². The van der Waals surface area contributed by atoms with E-state index in [0.717, 1.165) is 17.7 Å². The van der Waals surface area contributed by atoms with Crippen molar-refractivity contribution >= 4 is 27.5 Å². The normalized spacial score (nSPS) is 12.2. The standard InChI is InChI=1S/C14H13BrClNO/c1-18-12-4-2-10(3-5-12)13(15)8-11-6-7-17-9-14(11)16/h2-7,9,13H,8H2,1H3. The molecule has 0 N–H and O–H groups in total. The first-order valence-corrected chi connectivity index (χ1v) is 6.86. The zero-order valence-corrected chi connectivity index (χ0v) is 12.3. The highest BCUT2D eigenvalue weighted by atomic mass is 79.9. The minimum Gasteiger partial charge on any atom is -0.497 e. The van der Waals surface area contributed by atoms with Gasteiger partial charge >= 0.3 is 0 Å². The minimum absolute atomic E-state index is 0.225.